The van der Waals surface area contributed by atoms with Gasteiger partial charge in [0.15, 0.2) is 0 Å². The van der Waals surface area contributed by atoms with E-state index in [4.69, 9.17) is 11.6 Å². The predicted molar refractivity (Wildman–Crippen MR) is 105 cm³/mol. The Bertz CT molecular complexity index is 788. The van der Waals surface area contributed by atoms with E-state index in [1.807, 2.05) is 23.1 Å². The summed E-state index contributed by atoms with van der Waals surface area (Å²) in [6.07, 6.45) is 3.28. The molecule has 0 unspecified atom stereocenters. The average Bonchev–Trinajstić information content (AvgIpc) is 2.68. The lowest BCUT2D eigenvalue weighted by Gasteiger charge is -2.26. The molecule has 5 nitrogen and oxygen atoms in total. The lowest BCUT2D eigenvalue weighted by molar-refractivity contribution is -0.114. The maximum atomic E-state index is 12.6. The quantitative estimate of drug-likeness (QED) is 0.834. The van der Waals surface area contributed by atoms with Crippen LogP contribution >= 0.6 is 11.6 Å². The van der Waals surface area contributed by atoms with Crippen LogP contribution in [0.25, 0.3) is 0 Å². The van der Waals surface area contributed by atoms with Crippen LogP contribution in [-0.4, -0.2) is 36.3 Å². The van der Waals surface area contributed by atoms with Gasteiger partial charge in [-0.25, -0.2) is 0 Å². The first-order valence-electron chi connectivity index (χ1n) is 8.81. The number of rotatable bonds is 5. The van der Waals surface area contributed by atoms with Crippen LogP contribution in [0.3, 0.4) is 0 Å². The topological polar surface area (TPSA) is 61.4 Å². The molecule has 0 radical (unpaired) electrons. The molecular weight excluding hydrogens is 350 g/mol. The van der Waals surface area contributed by atoms with E-state index in [9.17, 15) is 9.59 Å². The molecular formula is C20H22ClN3O2. The van der Waals surface area contributed by atoms with E-state index in [2.05, 4.69) is 10.6 Å². The van der Waals surface area contributed by atoms with Crippen LogP contribution in [0.15, 0.2) is 48.5 Å². The molecule has 2 amide bonds. The van der Waals surface area contributed by atoms with Crippen molar-refractivity contribution in [1.29, 1.82) is 0 Å². The van der Waals surface area contributed by atoms with Gasteiger partial charge in [0, 0.05) is 24.3 Å². The number of hydrogen-bond donors (Lipinski definition) is 2. The summed E-state index contributed by atoms with van der Waals surface area (Å²) >= 11 is 6.06. The summed E-state index contributed by atoms with van der Waals surface area (Å²) in [5.41, 5.74) is 1.92. The van der Waals surface area contributed by atoms with Crippen LogP contribution in [0.4, 0.5) is 11.4 Å². The summed E-state index contributed by atoms with van der Waals surface area (Å²) in [5.74, 6) is -0.178. The zero-order chi connectivity index (χ0) is 18.4. The van der Waals surface area contributed by atoms with Crippen LogP contribution in [-0.2, 0) is 4.79 Å². The Morgan fingerprint density at radius 3 is 2.54 bits per heavy atom. The summed E-state index contributed by atoms with van der Waals surface area (Å²) in [4.78, 5) is 26.6. The summed E-state index contributed by atoms with van der Waals surface area (Å²) in [7, 11) is 0. The second kappa shape index (κ2) is 8.72. The minimum Gasteiger partial charge on any atom is -0.375 e. The number of amides is 2. The summed E-state index contributed by atoms with van der Waals surface area (Å²) in [6.45, 7) is 1.70. The Labute approximate surface area is 158 Å². The van der Waals surface area contributed by atoms with E-state index in [1.54, 1.807) is 30.3 Å². The van der Waals surface area contributed by atoms with Crippen molar-refractivity contribution in [3.8, 4) is 0 Å². The third-order valence-electron chi connectivity index (χ3n) is 4.35. The minimum atomic E-state index is -0.201. The van der Waals surface area contributed by atoms with Gasteiger partial charge in [-0.1, -0.05) is 29.8 Å². The van der Waals surface area contributed by atoms with Gasteiger partial charge in [0.2, 0.25) is 5.91 Å². The Morgan fingerprint density at radius 1 is 1.00 bits per heavy atom. The zero-order valence-corrected chi connectivity index (χ0v) is 15.3. The lowest BCUT2D eigenvalue weighted by Crippen LogP contribution is -2.35. The molecule has 136 valence electrons. The van der Waals surface area contributed by atoms with Gasteiger partial charge >= 0.3 is 0 Å². The highest BCUT2D eigenvalue weighted by molar-refractivity contribution is 6.33. The summed E-state index contributed by atoms with van der Waals surface area (Å²) < 4.78 is 0. The maximum Gasteiger partial charge on any atom is 0.253 e. The van der Waals surface area contributed by atoms with Gasteiger partial charge in [-0.05, 0) is 49.6 Å². The molecule has 3 rings (SSSR count). The van der Waals surface area contributed by atoms with Crippen molar-refractivity contribution in [1.82, 2.24) is 4.90 Å². The van der Waals surface area contributed by atoms with E-state index in [0.29, 0.717) is 22.0 Å². The molecule has 2 aromatic rings. The number of nitrogens with one attached hydrogen (secondary N) is 2. The molecule has 6 heteroatoms. The minimum absolute atomic E-state index is 0.0231. The Kier molecular flexibility index (Phi) is 6.12. The van der Waals surface area contributed by atoms with Crippen molar-refractivity contribution >= 4 is 34.8 Å². The number of halogens is 1. The molecule has 1 fully saturated rings. The van der Waals surface area contributed by atoms with E-state index in [-0.39, 0.29) is 18.4 Å². The molecule has 0 saturated carbocycles. The van der Waals surface area contributed by atoms with Gasteiger partial charge in [0.25, 0.3) is 5.91 Å². The predicted octanol–water partition coefficient (Wildman–Crippen LogP) is 4.02. The molecule has 0 aromatic heterocycles. The highest BCUT2D eigenvalue weighted by atomic mass is 35.5. The highest BCUT2D eigenvalue weighted by Gasteiger charge is 2.18. The SMILES string of the molecule is O=C(CNc1ccccc1Cl)Nc1cccc(C(=O)N2CCCCC2)c1. The molecule has 2 aromatic carbocycles. The van der Waals surface area contributed by atoms with Crippen molar-refractivity contribution < 1.29 is 9.59 Å². The van der Waals surface area contributed by atoms with E-state index in [1.165, 1.54) is 6.42 Å². The normalized spacial score (nSPS) is 14.0. The van der Waals surface area contributed by atoms with E-state index < -0.39 is 0 Å². The van der Waals surface area contributed by atoms with Crippen LogP contribution in [0, 0.1) is 0 Å². The van der Waals surface area contributed by atoms with Crippen LogP contribution < -0.4 is 10.6 Å². The van der Waals surface area contributed by atoms with Gasteiger partial charge in [-0.15, -0.1) is 0 Å². The number of piperidine rings is 1. The van der Waals surface area contributed by atoms with Crippen LogP contribution in [0.1, 0.15) is 29.6 Å². The van der Waals surface area contributed by atoms with Crippen LogP contribution in [0.5, 0.6) is 0 Å². The lowest BCUT2D eigenvalue weighted by atomic mass is 10.1. The fourth-order valence-electron chi connectivity index (χ4n) is 2.99. The first kappa shape index (κ1) is 18.3. The molecule has 0 aliphatic carbocycles. The number of hydrogen-bond acceptors (Lipinski definition) is 3. The van der Waals surface area contributed by atoms with Crippen LogP contribution in [0.2, 0.25) is 5.02 Å². The maximum absolute atomic E-state index is 12.6. The molecule has 2 N–H and O–H groups in total. The third kappa shape index (κ3) is 4.76. The zero-order valence-electron chi connectivity index (χ0n) is 14.5. The molecule has 0 atom stereocenters. The third-order valence-corrected chi connectivity index (χ3v) is 4.68. The van der Waals surface area contributed by atoms with Crippen molar-refractivity contribution in [2.75, 3.05) is 30.3 Å². The summed E-state index contributed by atoms with van der Waals surface area (Å²) in [6, 6.07) is 14.3. The van der Waals surface area contributed by atoms with Gasteiger partial charge < -0.3 is 15.5 Å². The van der Waals surface area contributed by atoms with Gasteiger partial charge in [0.05, 0.1) is 17.3 Å². The Morgan fingerprint density at radius 2 is 1.77 bits per heavy atom. The van der Waals surface area contributed by atoms with E-state index in [0.717, 1.165) is 25.9 Å². The average molecular weight is 372 g/mol. The number of para-hydroxylation sites is 1. The van der Waals surface area contributed by atoms with E-state index >= 15 is 0 Å². The van der Waals surface area contributed by atoms with Gasteiger partial charge in [-0.3, -0.25) is 9.59 Å². The molecule has 1 aliphatic heterocycles. The molecule has 0 spiro atoms. The monoisotopic (exact) mass is 371 g/mol. The molecule has 1 aliphatic rings. The van der Waals surface area contributed by atoms with Crippen molar-refractivity contribution in [2.24, 2.45) is 0 Å². The smallest absolute Gasteiger partial charge is 0.253 e. The van der Waals surface area contributed by atoms with Crippen molar-refractivity contribution in [3.05, 3.63) is 59.1 Å². The molecule has 0 bridgehead atoms. The Hall–Kier alpha value is -2.53. The van der Waals surface area contributed by atoms with Gasteiger partial charge in [-0.2, -0.15) is 0 Å². The first-order chi connectivity index (χ1) is 12.6. The second-order valence-corrected chi connectivity index (χ2v) is 6.72. The van der Waals surface area contributed by atoms with Crippen molar-refractivity contribution in [2.45, 2.75) is 19.3 Å². The van der Waals surface area contributed by atoms with Gasteiger partial charge in [0.1, 0.15) is 0 Å². The number of anilines is 2. The standard InChI is InChI=1S/C20H22ClN3O2/c21-17-9-2-3-10-18(17)22-14-19(25)23-16-8-6-7-15(13-16)20(26)24-11-4-1-5-12-24/h2-3,6-10,13,22H,1,4-5,11-12,14H2,(H,23,25). The number of likely N-dealkylation sites (tertiary alicyclic amines) is 1. The fraction of sp³-hybridized carbons (Fsp3) is 0.300. The highest BCUT2D eigenvalue weighted by Crippen LogP contribution is 2.20. The molecule has 1 saturated heterocycles. The number of benzene rings is 2. The first-order valence-corrected chi connectivity index (χ1v) is 9.19. The fourth-order valence-corrected chi connectivity index (χ4v) is 3.20. The largest absolute Gasteiger partial charge is 0.375 e. The second-order valence-electron chi connectivity index (χ2n) is 6.32. The number of nitrogens with zero attached hydrogens (tertiary/aromatic N) is 1. The number of carbonyl (C=O) groups is 2. The molecule has 1 heterocycles. The van der Waals surface area contributed by atoms with Crippen molar-refractivity contribution in [3.63, 3.8) is 0 Å². The molecule has 26 heavy (non-hydrogen) atoms. The Balaban J connectivity index is 1.58. The summed E-state index contributed by atoms with van der Waals surface area (Å²) in [5, 5.41) is 6.38. The number of carbonyl (C=O) groups excluding carboxylic acids is 2.